The largest absolute Gasteiger partial charge is 0.280 e. The summed E-state index contributed by atoms with van der Waals surface area (Å²) in [5.41, 5.74) is 2.62. The summed E-state index contributed by atoms with van der Waals surface area (Å²) in [5, 5.41) is 0. The van der Waals surface area contributed by atoms with E-state index < -0.39 is 20.0 Å². The Balaban J connectivity index is 2.37. The maximum absolute atomic E-state index is 12.7. The lowest BCUT2D eigenvalue weighted by Gasteiger charge is -2.15. The Morgan fingerprint density at radius 2 is 1.32 bits per heavy atom. The van der Waals surface area contributed by atoms with Crippen molar-refractivity contribution in [3.05, 3.63) is 53.1 Å². The van der Waals surface area contributed by atoms with E-state index in [9.17, 15) is 16.8 Å². The van der Waals surface area contributed by atoms with Crippen molar-refractivity contribution in [3.8, 4) is 0 Å². The van der Waals surface area contributed by atoms with Crippen molar-refractivity contribution in [2.45, 2.75) is 30.6 Å². The number of sulfonamides is 2. The van der Waals surface area contributed by atoms with Crippen LogP contribution < -0.4 is 4.72 Å². The highest BCUT2D eigenvalue weighted by molar-refractivity contribution is 7.92. The van der Waals surface area contributed by atoms with Crippen LogP contribution >= 0.6 is 0 Å². The quantitative estimate of drug-likeness (QED) is 0.862. The van der Waals surface area contributed by atoms with Crippen LogP contribution in [0.25, 0.3) is 0 Å². The molecule has 6 nitrogen and oxygen atoms in total. The molecule has 0 aromatic heterocycles. The minimum atomic E-state index is -3.77. The van der Waals surface area contributed by atoms with Gasteiger partial charge in [-0.05, 0) is 56.2 Å². The average Bonchev–Trinajstić information content (AvgIpc) is 2.45. The molecular formula is C17H22N2O4S2. The van der Waals surface area contributed by atoms with Crippen LogP contribution in [0.4, 0.5) is 5.69 Å². The van der Waals surface area contributed by atoms with Crippen LogP contribution in [0.3, 0.4) is 0 Å². The molecule has 0 saturated carbocycles. The van der Waals surface area contributed by atoms with E-state index in [1.165, 1.54) is 38.4 Å². The highest BCUT2D eigenvalue weighted by Crippen LogP contribution is 2.25. The fourth-order valence-electron chi connectivity index (χ4n) is 2.70. The lowest BCUT2D eigenvalue weighted by Crippen LogP contribution is -2.22. The third-order valence-electron chi connectivity index (χ3n) is 3.76. The summed E-state index contributed by atoms with van der Waals surface area (Å²) in [4.78, 5) is 0.339. The molecule has 0 unspecified atom stereocenters. The van der Waals surface area contributed by atoms with Crippen molar-refractivity contribution in [1.29, 1.82) is 0 Å². The Hall–Kier alpha value is -1.90. The number of benzene rings is 2. The fourth-order valence-corrected chi connectivity index (χ4v) is 5.12. The molecule has 1 N–H and O–H groups in total. The third-order valence-corrected chi connectivity index (χ3v) is 7.27. The van der Waals surface area contributed by atoms with E-state index in [1.807, 2.05) is 19.1 Å². The zero-order valence-corrected chi connectivity index (χ0v) is 16.5. The van der Waals surface area contributed by atoms with Gasteiger partial charge < -0.3 is 0 Å². The minimum absolute atomic E-state index is 0.100. The van der Waals surface area contributed by atoms with Gasteiger partial charge in [0.1, 0.15) is 0 Å². The molecule has 0 amide bonds. The number of nitrogens with zero attached hydrogens (tertiary/aromatic N) is 1. The molecule has 0 aliphatic heterocycles. The number of aryl methyl sites for hydroxylation is 3. The number of nitrogens with one attached hydrogen (secondary N) is 1. The lowest BCUT2D eigenvalue weighted by molar-refractivity contribution is 0.521. The lowest BCUT2D eigenvalue weighted by atomic mass is 10.1. The molecule has 2 aromatic carbocycles. The molecular weight excluding hydrogens is 360 g/mol. The standard InChI is InChI=1S/C17H22N2O4S2/c1-12-10-13(2)17(14(3)11-12)24(20,21)18-15-6-8-16(9-7-15)25(22,23)19(4)5/h6-11,18H,1-5H3. The highest BCUT2D eigenvalue weighted by atomic mass is 32.2. The summed E-state index contributed by atoms with van der Waals surface area (Å²) in [5.74, 6) is 0. The molecule has 0 bridgehead atoms. The monoisotopic (exact) mass is 382 g/mol. The molecule has 0 radical (unpaired) electrons. The first kappa shape index (κ1) is 19.4. The smallest absolute Gasteiger partial charge is 0.262 e. The molecule has 0 heterocycles. The zero-order valence-electron chi connectivity index (χ0n) is 14.9. The summed E-state index contributed by atoms with van der Waals surface area (Å²) in [6.07, 6.45) is 0. The second-order valence-electron chi connectivity index (χ2n) is 6.15. The molecule has 0 saturated heterocycles. The van der Waals surface area contributed by atoms with Gasteiger partial charge in [0.2, 0.25) is 10.0 Å². The van der Waals surface area contributed by atoms with Crippen molar-refractivity contribution in [2.75, 3.05) is 18.8 Å². The van der Waals surface area contributed by atoms with Gasteiger partial charge in [0, 0.05) is 19.8 Å². The van der Waals surface area contributed by atoms with Crippen LogP contribution in [0.2, 0.25) is 0 Å². The predicted octanol–water partition coefficient (Wildman–Crippen LogP) is 2.66. The first-order valence-corrected chi connectivity index (χ1v) is 10.5. The van der Waals surface area contributed by atoms with Crippen LogP contribution in [-0.4, -0.2) is 35.2 Å². The Labute approximate surface area is 149 Å². The van der Waals surface area contributed by atoms with Crippen molar-refractivity contribution in [3.63, 3.8) is 0 Å². The number of hydrogen-bond donors (Lipinski definition) is 1. The van der Waals surface area contributed by atoms with Crippen LogP contribution in [-0.2, 0) is 20.0 Å². The van der Waals surface area contributed by atoms with Crippen LogP contribution in [0.5, 0.6) is 0 Å². The van der Waals surface area contributed by atoms with E-state index in [0.717, 1.165) is 9.87 Å². The average molecular weight is 383 g/mol. The molecule has 25 heavy (non-hydrogen) atoms. The number of anilines is 1. The first-order valence-electron chi connectivity index (χ1n) is 7.58. The fraction of sp³-hybridized carbons (Fsp3) is 0.294. The maximum atomic E-state index is 12.7. The van der Waals surface area contributed by atoms with Gasteiger partial charge in [-0.15, -0.1) is 0 Å². The molecule has 0 aliphatic rings. The Morgan fingerprint density at radius 1 is 0.840 bits per heavy atom. The van der Waals surface area contributed by atoms with Gasteiger partial charge in [-0.25, -0.2) is 21.1 Å². The van der Waals surface area contributed by atoms with Gasteiger partial charge in [-0.1, -0.05) is 17.7 Å². The summed E-state index contributed by atoms with van der Waals surface area (Å²) in [6.45, 7) is 5.41. The predicted molar refractivity (Wildman–Crippen MR) is 98.8 cm³/mol. The van der Waals surface area contributed by atoms with E-state index in [0.29, 0.717) is 16.8 Å². The van der Waals surface area contributed by atoms with Crippen molar-refractivity contribution in [2.24, 2.45) is 0 Å². The van der Waals surface area contributed by atoms with E-state index >= 15 is 0 Å². The molecule has 8 heteroatoms. The molecule has 2 aromatic rings. The van der Waals surface area contributed by atoms with Crippen molar-refractivity contribution in [1.82, 2.24) is 4.31 Å². The highest BCUT2D eigenvalue weighted by Gasteiger charge is 2.21. The molecule has 0 fully saturated rings. The summed E-state index contributed by atoms with van der Waals surface area (Å²) in [7, 11) is -4.44. The van der Waals surface area contributed by atoms with E-state index in [-0.39, 0.29) is 9.79 Å². The Bertz CT molecular complexity index is 970. The Morgan fingerprint density at radius 3 is 1.76 bits per heavy atom. The second kappa shape index (κ2) is 6.78. The normalized spacial score (nSPS) is 12.4. The topological polar surface area (TPSA) is 83.5 Å². The van der Waals surface area contributed by atoms with Gasteiger partial charge in [-0.2, -0.15) is 0 Å². The summed E-state index contributed by atoms with van der Waals surface area (Å²) < 4.78 is 53.1. The van der Waals surface area contributed by atoms with Gasteiger partial charge >= 0.3 is 0 Å². The van der Waals surface area contributed by atoms with Gasteiger partial charge in [0.05, 0.1) is 9.79 Å². The molecule has 2 rings (SSSR count). The van der Waals surface area contributed by atoms with E-state index in [2.05, 4.69) is 4.72 Å². The van der Waals surface area contributed by atoms with Crippen molar-refractivity contribution >= 4 is 25.7 Å². The molecule has 0 spiro atoms. The number of hydrogen-bond acceptors (Lipinski definition) is 4. The zero-order chi connectivity index (χ0) is 19.0. The van der Waals surface area contributed by atoms with E-state index in [1.54, 1.807) is 13.8 Å². The molecule has 0 atom stereocenters. The van der Waals surface area contributed by atoms with Crippen molar-refractivity contribution < 1.29 is 16.8 Å². The maximum Gasteiger partial charge on any atom is 0.262 e. The van der Waals surface area contributed by atoms with E-state index in [4.69, 9.17) is 0 Å². The molecule has 0 aliphatic carbocycles. The molecule has 136 valence electrons. The van der Waals surface area contributed by atoms with Crippen LogP contribution in [0, 0.1) is 20.8 Å². The summed E-state index contributed by atoms with van der Waals surface area (Å²) in [6, 6.07) is 9.26. The summed E-state index contributed by atoms with van der Waals surface area (Å²) >= 11 is 0. The SMILES string of the molecule is Cc1cc(C)c(S(=O)(=O)Nc2ccc(S(=O)(=O)N(C)C)cc2)c(C)c1. The first-order chi connectivity index (χ1) is 11.4. The second-order valence-corrected chi connectivity index (χ2v) is 9.92. The third kappa shape index (κ3) is 4.02. The minimum Gasteiger partial charge on any atom is -0.280 e. The van der Waals surface area contributed by atoms with Gasteiger partial charge in [0.15, 0.2) is 0 Å². The van der Waals surface area contributed by atoms with Crippen LogP contribution in [0.1, 0.15) is 16.7 Å². The van der Waals surface area contributed by atoms with Gasteiger partial charge in [-0.3, -0.25) is 4.72 Å². The Kier molecular flexibility index (Phi) is 5.27. The number of rotatable bonds is 5. The van der Waals surface area contributed by atoms with Crippen LogP contribution in [0.15, 0.2) is 46.2 Å². The van der Waals surface area contributed by atoms with Gasteiger partial charge in [0.25, 0.3) is 10.0 Å².